The van der Waals surface area contributed by atoms with E-state index in [-0.39, 0.29) is 17.6 Å². The molecule has 1 aliphatic heterocycles. The van der Waals surface area contributed by atoms with Crippen molar-refractivity contribution in [3.05, 3.63) is 88.9 Å². The van der Waals surface area contributed by atoms with E-state index < -0.39 is 0 Å². The van der Waals surface area contributed by atoms with Crippen LogP contribution in [-0.2, 0) is 24.5 Å². The maximum absolute atomic E-state index is 13.0. The Morgan fingerprint density at radius 2 is 1.94 bits per heavy atom. The third-order valence-electron chi connectivity index (χ3n) is 6.15. The molecule has 36 heavy (non-hydrogen) atoms. The zero-order valence-electron chi connectivity index (χ0n) is 19.7. The van der Waals surface area contributed by atoms with E-state index in [1.54, 1.807) is 23.5 Å². The number of ether oxygens (including phenoxy) is 1. The first-order valence-electron chi connectivity index (χ1n) is 11.9. The van der Waals surface area contributed by atoms with Gasteiger partial charge in [-0.2, -0.15) is 4.98 Å². The second-order valence-electron chi connectivity index (χ2n) is 8.84. The molecule has 5 rings (SSSR count). The van der Waals surface area contributed by atoms with Gasteiger partial charge in [-0.05, 0) is 66.2 Å². The summed E-state index contributed by atoms with van der Waals surface area (Å²) in [5, 5.41) is 9.12. The summed E-state index contributed by atoms with van der Waals surface area (Å²) < 4.78 is 24.2. The fraction of sp³-hybridized carbons (Fsp3) is 0.296. The van der Waals surface area contributed by atoms with E-state index in [9.17, 15) is 9.18 Å². The van der Waals surface area contributed by atoms with Crippen LogP contribution in [0.4, 0.5) is 4.39 Å². The first kappa shape index (κ1) is 24.1. The highest BCUT2D eigenvalue weighted by Gasteiger charge is 2.27. The molecule has 1 aliphatic rings. The fourth-order valence-electron chi connectivity index (χ4n) is 4.21. The number of thiophene rings is 1. The molecule has 1 amide bonds. The van der Waals surface area contributed by atoms with Crippen molar-refractivity contribution in [1.82, 2.24) is 20.4 Å². The van der Waals surface area contributed by atoms with Crippen LogP contribution in [0.25, 0.3) is 10.7 Å². The van der Waals surface area contributed by atoms with Crippen LogP contribution < -0.4 is 10.1 Å². The number of hydrogen-bond acceptors (Lipinski definition) is 7. The molecule has 0 radical (unpaired) electrons. The molecule has 1 fully saturated rings. The lowest BCUT2D eigenvalue weighted by Crippen LogP contribution is -2.42. The molecular formula is C27H27FN4O3S. The molecule has 0 bridgehead atoms. The first-order chi connectivity index (χ1) is 17.6. The van der Waals surface area contributed by atoms with Crippen molar-refractivity contribution < 1.29 is 18.4 Å². The molecule has 1 N–H and O–H groups in total. The van der Waals surface area contributed by atoms with Gasteiger partial charge in [-0.3, -0.25) is 9.69 Å². The number of nitrogens with zero attached hydrogens (tertiary/aromatic N) is 3. The van der Waals surface area contributed by atoms with E-state index in [2.05, 4.69) is 20.4 Å². The van der Waals surface area contributed by atoms with Crippen LogP contribution in [0, 0.1) is 11.7 Å². The average molecular weight is 507 g/mol. The lowest BCUT2D eigenvalue weighted by Gasteiger charge is -2.30. The van der Waals surface area contributed by atoms with Crippen LogP contribution in [0.2, 0.25) is 0 Å². The molecule has 0 spiro atoms. The van der Waals surface area contributed by atoms with Gasteiger partial charge in [-0.25, -0.2) is 4.39 Å². The van der Waals surface area contributed by atoms with Crippen LogP contribution in [0.15, 0.2) is 70.6 Å². The minimum Gasteiger partial charge on any atom is -0.489 e. The van der Waals surface area contributed by atoms with Gasteiger partial charge < -0.3 is 14.6 Å². The molecule has 3 heterocycles. The predicted octanol–water partition coefficient (Wildman–Crippen LogP) is 5.04. The molecule has 2 aromatic carbocycles. The van der Waals surface area contributed by atoms with Gasteiger partial charge in [0.25, 0.3) is 0 Å². The van der Waals surface area contributed by atoms with E-state index in [4.69, 9.17) is 9.26 Å². The predicted molar refractivity (Wildman–Crippen MR) is 135 cm³/mol. The quantitative estimate of drug-likeness (QED) is 0.342. The molecule has 1 atom stereocenters. The number of benzene rings is 2. The Morgan fingerprint density at radius 1 is 1.14 bits per heavy atom. The Labute approximate surface area is 212 Å². The number of halogens is 1. The number of carbonyl (C=O) groups is 1. The number of piperidine rings is 1. The van der Waals surface area contributed by atoms with Crippen molar-refractivity contribution in [2.75, 3.05) is 13.1 Å². The zero-order valence-corrected chi connectivity index (χ0v) is 20.5. The van der Waals surface area contributed by atoms with E-state index in [1.807, 2.05) is 41.8 Å². The zero-order chi connectivity index (χ0) is 24.7. The molecule has 1 saturated heterocycles. The van der Waals surface area contributed by atoms with Gasteiger partial charge in [-0.1, -0.05) is 35.5 Å². The van der Waals surface area contributed by atoms with Crippen LogP contribution in [0.1, 0.15) is 29.9 Å². The van der Waals surface area contributed by atoms with Crippen LogP contribution in [-0.4, -0.2) is 34.0 Å². The highest BCUT2D eigenvalue weighted by Crippen LogP contribution is 2.23. The van der Waals surface area contributed by atoms with Gasteiger partial charge in [0.05, 0.1) is 17.3 Å². The number of nitrogens with one attached hydrogen (secondary N) is 1. The van der Waals surface area contributed by atoms with Gasteiger partial charge in [0, 0.05) is 13.1 Å². The summed E-state index contributed by atoms with van der Waals surface area (Å²) in [7, 11) is 0. The fourth-order valence-corrected chi connectivity index (χ4v) is 4.86. The summed E-state index contributed by atoms with van der Waals surface area (Å²) in [6.07, 6.45) is 1.81. The lowest BCUT2D eigenvalue weighted by atomic mass is 9.97. The van der Waals surface area contributed by atoms with Gasteiger partial charge >= 0.3 is 0 Å². The Kier molecular flexibility index (Phi) is 7.68. The Balaban J connectivity index is 1.07. The Bertz CT molecular complexity index is 1260. The van der Waals surface area contributed by atoms with Crippen molar-refractivity contribution in [2.45, 2.75) is 32.5 Å². The number of aromatic nitrogens is 2. The number of carbonyl (C=O) groups excluding carboxylic acids is 1. The second-order valence-corrected chi connectivity index (χ2v) is 9.79. The summed E-state index contributed by atoms with van der Waals surface area (Å²) in [4.78, 5) is 20.5. The Hall–Kier alpha value is -3.56. The summed E-state index contributed by atoms with van der Waals surface area (Å²) in [5.41, 5.74) is 1.90. The SMILES string of the molecule is O=C(NCc1ccc(OCc2ccc(F)cc2)cc1)C1CCCN(Cc2nc(-c3cccs3)no2)C1. The standard InChI is InChI=1S/C27H27FN4O3S/c28-22-9-5-20(6-10-22)18-34-23-11-7-19(8-12-23)15-29-27(33)21-3-1-13-32(16-21)17-25-30-26(31-35-25)24-4-2-14-36-24/h2,4-12,14,21H,1,3,13,15-18H2,(H,29,33). The summed E-state index contributed by atoms with van der Waals surface area (Å²) in [6, 6.07) is 17.8. The highest BCUT2D eigenvalue weighted by atomic mass is 32.1. The summed E-state index contributed by atoms with van der Waals surface area (Å²) in [6.45, 7) is 2.94. The van der Waals surface area contributed by atoms with Gasteiger partial charge in [0.1, 0.15) is 18.2 Å². The molecule has 0 saturated carbocycles. The second kappa shape index (κ2) is 11.5. The average Bonchev–Trinajstić information content (AvgIpc) is 3.60. The van der Waals surface area contributed by atoms with E-state index in [1.165, 1.54) is 12.1 Å². The van der Waals surface area contributed by atoms with Gasteiger partial charge in [0.2, 0.25) is 17.6 Å². The monoisotopic (exact) mass is 506 g/mol. The third-order valence-corrected chi connectivity index (χ3v) is 7.02. The molecule has 2 aromatic heterocycles. The van der Waals surface area contributed by atoms with Crippen molar-refractivity contribution in [3.63, 3.8) is 0 Å². The number of likely N-dealkylation sites (tertiary alicyclic amines) is 1. The molecule has 9 heteroatoms. The first-order valence-corrected chi connectivity index (χ1v) is 12.8. The molecule has 1 unspecified atom stereocenters. The normalized spacial score (nSPS) is 16.1. The number of rotatable bonds is 9. The van der Waals surface area contributed by atoms with Gasteiger partial charge in [-0.15, -0.1) is 11.3 Å². The molecule has 7 nitrogen and oxygen atoms in total. The summed E-state index contributed by atoms with van der Waals surface area (Å²) >= 11 is 1.58. The van der Waals surface area contributed by atoms with Crippen LogP contribution in [0.3, 0.4) is 0 Å². The highest BCUT2D eigenvalue weighted by molar-refractivity contribution is 7.13. The van der Waals surface area contributed by atoms with Gasteiger partial charge in [0.15, 0.2) is 0 Å². The van der Waals surface area contributed by atoms with Crippen LogP contribution in [0.5, 0.6) is 5.75 Å². The Morgan fingerprint density at radius 3 is 2.72 bits per heavy atom. The van der Waals surface area contributed by atoms with Crippen molar-refractivity contribution >= 4 is 17.2 Å². The minimum absolute atomic E-state index is 0.0566. The largest absolute Gasteiger partial charge is 0.489 e. The molecular weight excluding hydrogens is 479 g/mol. The minimum atomic E-state index is -0.263. The maximum Gasteiger partial charge on any atom is 0.241 e. The maximum atomic E-state index is 13.0. The third kappa shape index (κ3) is 6.35. The molecule has 0 aliphatic carbocycles. The molecule has 186 valence electrons. The van der Waals surface area contributed by atoms with Crippen molar-refractivity contribution in [3.8, 4) is 16.5 Å². The molecule has 4 aromatic rings. The topological polar surface area (TPSA) is 80.5 Å². The van der Waals surface area contributed by atoms with Crippen molar-refractivity contribution in [1.29, 1.82) is 0 Å². The summed E-state index contributed by atoms with van der Waals surface area (Å²) in [5.74, 6) is 1.62. The van der Waals surface area contributed by atoms with Crippen LogP contribution >= 0.6 is 11.3 Å². The van der Waals surface area contributed by atoms with E-state index in [0.717, 1.165) is 41.1 Å². The lowest BCUT2D eigenvalue weighted by molar-refractivity contribution is -0.127. The number of amides is 1. The smallest absolute Gasteiger partial charge is 0.241 e. The number of hydrogen-bond donors (Lipinski definition) is 1. The van der Waals surface area contributed by atoms with E-state index in [0.29, 0.717) is 38.0 Å². The van der Waals surface area contributed by atoms with E-state index >= 15 is 0 Å². The van der Waals surface area contributed by atoms with Crippen molar-refractivity contribution in [2.24, 2.45) is 5.92 Å².